The molecule has 0 heterocycles. The molecule has 1 rings (SSSR count). The average Bonchev–Trinajstić information content (AvgIpc) is 2.19. The van der Waals surface area contributed by atoms with E-state index in [4.69, 9.17) is 4.74 Å². The van der Waals surface area contributed by atoms with Gasteiger partial charge < -0.3 is 15.4 Å². The van der Waals surface area contributed by atoms with Crippen LogP contribution in [0.3, 0.4) is 0 Å². The number of carbonyl (C=O) groups is 1. The standard InChI is InChI=1S/C9H12N2O2/c1-13-9-4-2-8(3-5-9)11-6-10-7-12/h2-5,7,11H,6H2,1H3,(H,10,12). The number of methoxy groups -OCH3 is 1. The van der Waals surface area contributed by atoms with Crippen molar-refractivity contribution >= 4 is 12.1 Å². The Morgan fingerprint density at radius 3 is 2.62 bits per heavy atom. The summed E-state index contributed by atoms with van der Waals surface area (Å²) in [7, 11) is 1.62. The van der Waals surface area contributed by atoms with Gasteiger partial charge in [0.2, 0.25) is 6.41 Å². The minimum absolute atomic E-state index is 0.426. The van der Waals surface area contributed by atoms with E-state index in [0.717, 1.165) is 11.4 Å². The summed E-state index contributed by atoms with van der Waals surface area (Å²) in [4.78, 5) is 9.92. The smallest absolute Gasteiger partial charge is 0.208 e. The molecule has 0 fully saturated rings. The van der Waals surface area contributed by atoms with Crippen LogP contribution in [0.4, 0.5) is 5.69 Å². The Morgan fingerprint density at radius 1 is 1.38 bits per heavy atom. The highest BCUT2D eigenvalue weighted by Gasteiger charge is 1.91. The van der Waals surface area contributed by atoms with Gasteiger partial charge in [-0.1, -0.05) is 0 Å². The maximum atomic E-state index is 9.92. The van der Waals surface area contributed by atoms with Gasteiger partial charge in [-0.2, -0.15) is 0 Å². The van der Waals surface area contributed by atoms with Gasteiger partial charge in [-0.25, -0.2) is 0 Å². The van der Waals surface area contributed by atoms with Crippen LogP contribution in [0, 0.1) is 0 Å². The third-order valence-electron chi connectivity index (χ3n) is 1.57. The van der Waals surface area contributed by atoms with Gasteiger partial charge in [0, 0.05) is 5.69 Å². The number of rotatable bonds is 5. The molecule has 1 aromatic rings. The Bertz CT molecular complexity index is 259. The van der Waals surface area contributed by atoms with E-state index >= 15 is 0 Å². The first-order chi connectivity index (χ1) is 6.36. The van der Waals surface area contributed by atoms with Gasteiger partial charge in [0.25, 0.3) is 0 Å². The van der Waals surface area contributed by atoms with E-state index in [0.29, 0.717) is 13.1 Å². The molecular formula is C9H12N2O2. The summed E-state index contributed by atoms with van der Waals surface area (Å²) in [6, 6.07) is 7.46. The average molecular weight is 180 g/mol. The first-order valence-electron chi connectivity index (χ1n) is 3.92. The van der Waals surface area contributed by atoms with Crippen molar-refractivity contribution in [1.29, 1.82) is 0 Å². The minimum atomic E-state index is 0.426. The van der Waals surface area contributed by atoms with Gasteiger partial charge in [-0.05, 0) is 24.3 Å². The van der Waals surface area contributed by atoms with E-state index in [-0.39, 0.29) is 0 Å². The largest absolute Gasteiger partial charge is 0.497 e. The molecule has 4 nitrogen and oxygen atoms in total. The zero-order chi connectivity index (χ0) is 9.52. The second-order valence-electron chi connectivity index (χ2n) is 2.40. The number of hydrogen-bond acceptors (Lipinski definition) is 3. The van der Waals surface area contributed by atoms with Crippen molar-refractivity contribution in [3.05, 3.63) is 24.3 Å². The molecule has 0 radical (unpaired) electrons. The van der Waals surface area contributed by atoms with Crippen molar-refractivity contribution in [3.63, 3.8) is 0 Å². The van der Waals surface area contributed by atoms with Crippen LogP contribution < -0.4 is 15.4 Å². The summed E-state index contributed by atoms with van der Waals surface area (Å²) in [5, 5.41) is 5.50. The molecule has 0 saturated carbocycles. The topological polar surface area (TPSA) is 50.4 Å². The molecule has 1 aromatic carbocycles. The Balaban J connectivity index is 2.44. The van der Waals surface area contributed by atoms with Gasteiger partial charge in [0.15, 0.2) is 0 Å². The van der Waals surface area contributed by atoms with Crippen molar-refractivity contribution in [1.82, 2.24) is 5.32 Å². The van der Waals surface area contributed by atoms with E-state index in [1.807, 2.05) is 24.3 Å². The molecule has 0 unspecified atom stereocenters. The lowest BCUT2D eigenvalue weighted by atomic mass is 10.3. The molecule has 2 N–H and O–H groups in total. The van der Waals surface area contributed by atoms with E-state index in [2.05, 4.69) is 10.6 Å². The number of hydrogen-bond donors (Lipinski definition) is 2. The first-order valence-corrected chi connectivity index (χ1v) is 3.92. The van der Waals surface area contributed by atoms with Crippen LogP contribution in [0.25, 0.3) is 0 Å². The van der Waals surface area contributed by atoms with E-state index in [1.54, 1.807) is 7.11 Å². The molecule has 1 amide bonds. The molecule has 4 heteroatoms. The fourth-order valence-corrected chi connectivity index (χ4v) is 0.904. The molecule has 70 valence electrons. The fourth-order valence-electron chi connectivity index (χ4n) is 0.904. The fraction of sp³-hybridized carbons (Fsp3) is 0.222. The van der Waals surface area contributed by atoms with Crippen LogP contribution in [0.15, 0.2) is 24.3 Å². The predicted octanol–water partition coefficient (Wildman–Crippen LogP) is 0.811. The van der Waals surface area contributed by atoms with E-state index in [1.165, 1.54) is 0 Å². The third-order valence-corrected chi connectivity index (χ3v) is 1.57. The second-order valence-corrected chi connectivity index (χ2v) is 2.40. The summed E-state index contributed by atoms with van der Waals surface area (Å²) in [6.45, 7) is 0.426. The van der Waals surface area contributed by atoms with E-state index in [9.17, 15) is 4.79 Å². The number of ether oxygens (including phenoxy) is 1. The SMILES string of the molecule is COc1ccc(NCNC=O)cc1. The zero-order valence-corrected chi connectivity index (χ0v) is 7.41. The number of amides is 1. The highest BCUT2D eigenvalue weighted by molar-refractivity contribution is 5.49. The lowest BCUT2D eigenvalue weighted by molar-refractivity contribution is -0.109. The highest BCUT2D eigenvalue weighted by Crippen LogP contribution is 2.14. The summed E-state index contributed by atoms with van der Waals surface area (Å²) in [5.41, 5.74) is 0.940. The summed E-state index contributed by atoms with van der Waals surface area (Å²) >= 11 is 0. The van der Waals surface area contributed by atoms with Gasteiger partial charge in [-0.3, -0.25) is 4.79 Å². The Hall–Kier alpha value is -1.71. The molecule has 0 aliphatic rings. The van der Waals surface area contributed by atoms with Crippen molar-refractivity contribution < 1.29 is 9.53 Å². The molecule has 0 bridgehead atoms. The molecule has 0 spiro atoms. The summed E-state index contributed by atoms with van der Waals surface area (Å²) in [6.07, 6.45) is 0.649. The lowest BCUT2D eigenvalue weighted by Crippen LogP contribution is -2.19. The third kappa shape index (κ3) is 3.02. The maximum Gasteiger partial charge on any atom is 0.208 e. The Kier molecular flexibility index (Phi) is 3.63. The lowest BCUT2D eigenvalue weighted by Gasteiger charge is -2.05. The van der Waals surface area contributed by atoms with Gasteiger partial charge in [-0.15, -0.1) is 0 Å². The summed E-state index contributed by atoms with van der Waals surface area (Å²) in [5.74, 6) is 0.814. The number of benzene rings is 1. The van der Waals surface area contributed by atoms with Crippen LogP contribution in [0.2, 0.25) is 0 Å². The van der Waals surface area contributed by atoms with Crippen molar-refractivity contribution in [2.75, 3.05) is 19.1 Å². The molecule has 0 aromatic heterocycles. The quantitative estimate of drug-likeness (QED) is 0.400. The maximum absolute atomic E-state index is 9.92. The minimum Gasteiger partial charge on any atom is -0.497 e. The molecule has 0 atom stereocenters. The van der Waals surface area contributed by atoms with Crippen LogP contribution in [-0.4, -0.2) is 20.2 Å². The molecule has 13 heavy (non-hydrogen) atoms. The Labute approximate surface area is 76.9 Å². The second kappa shape index (κ2) is 5.03. The van der Waals surface area contributed by atoms with Crippen molar-refractivity contribution in [2.24, 2.45) is 0 Å². The highest BCUT2D eigenvalue weighted by atomic mass is 16.5. The van der Waals surface area contributed by atoms with Crippen LogP contribution in [0.5, 0.6) is 5.75 Å². The monoisotopic (exact) mass is 180 g/mol. The zero-order valence-electron chi connectivity index (χ0n) is 7.41. The van der Waals surface area contributed by atoms with Gasteiger partial charge >= 0.3 is 0 Å². The summed E-state index contributed by atoms with van der Waals surface area (Å²) < 4.78 is 5.00. The van der Waals surface area contributed by atoms with E-state index < -0.39 is 0 Å². The molecule has 0 aliphatic carbocycles. The van der Waals surface area contributed by atoms with Gasteiger partial charge in [0.1, 0.15) is 5.75 Å². The molecular weight excluding hydrogens is 168 g/mol. The predicted molar refractivity (Wildman–Crippen MR) is 50.7 cm³/mol. The first kappa shape index (κ1) is 9.38. The molecule has 0 saturated heterocycles. The van der Waals surface area contributed by atoms with Crippen LogP contribution in [-0.2, 0) is 4.79 Å². The van der Waals surface area contributed by atoms with Crippen LogP contribution >= 0.6 is 0 Å². The normalized spacial score (nSPS) is 9.00. The molecule has 0 aliphatic heterocycles. The van der Waals surface area contributed by atoms with Crippen LogP contribution in [0.1, 0.15) is 0 Å². The van der Waals surface area contributed by atoms with Crippen molar-refractivity contribution in [3.8, 4) is 5.75 Å². The van der Waals surface area contributed by atoms with Crippen molar-refractivity contribution in [2.45, 2.75) is 0 Å². The number of carbonyl (C=O) groups excluding carboxylic acids is 1. The number of anilines is 1. The Morgan fingerprint density at radius 2 is 2.08 bits per heavy atom. The number of nitrogens with one attached hydrogen (secondary N) is 2. The van der Waals surface area contributed by atoms with Gasteiger partial charge in [0.05, 0.1) is 13.8 Å².